The predicted molar refractivity (Wildman–Crippen MR) is 122 cm³/mol. The maximum Gasteiger partial charge on any atom is 0.306 e. The number of esters is 1. The van der Waals surface area contributed by atoms with Crippen molar-refractivity contribution in [2.75, 3.05) is 0 Å². The summed E-state index contributed by atoms with van der Waals surface area (Å²) in [5.74, 6) is 4.87. The molecule has 3 fully saturated rings. The van der Waals surface area contributed by atoms with Gasteiger partial charge in [0.25, 0.3) is 0 Å². The van der Waals surface area contributed by atoms with Gasteiger partial charge in [-0.25, -0.2) is 0 Å². The minimum atomic E-state index is 0.0516. The topological polar surface area (TPSA) is 26.3 Å². The second-order valence-electron chi connectivity index (χ2n) is 10.7. The standard InChI is InChI=1S/C27H48O2/c1-3-5-8-21-12-14-22(15-13-21)23-16-18-24(19-17-23)25-9-7-10-26(20-25)29-27(28)11-6-4-2/h21-26H,3-20H2,1-2H3. The van der Waals surface area contributed by atoms with E-state index in [1.54, 1.807) is 0 Å². The van der Waals surface area contributed by atoms with Crippen LogP contribution in [0.2, 0.25) is 0 Å². The number of ether oxygens (including phenoxy) is 1. The van der Waals surface area contributed by atoms with E-state index in [1.165, 1.54) is 83.5 Å². The minimum absolute atomic E-state index is 0.0516. The Balaban J connectivity index is 1.36. The lowest BCUT2D eigenvalue weighted by Crippen LogP contribution is -2.32. The minimum Gasteiger partial charge on any atom is -0.462 e. The zero-order valence-corrected chi connectivity index (χ0v) is 19.5. The molecule has 29 heavy (non-hydrogen) atoms. The molecule has 3 rings (SSSR count). The van der Waals surface area contributed by atoms with Gasteiger partial charge >= 0.3 is 5.97 Å². The molecule has 168 valence electrons. The lowest BCUT2D eigenvalue weighted by molar-refractivity contribution is -0.152. The number of carbonyl (C=O) groups is 1. The zero-order valence-electron chi connectivity index (χ0n) is 19.5. The van der Waals surface area contributed by atoms with E-state index in [1.807, 2.05) is 0 Å². The highest BCUT2D eigenvalue weighted by Crippen LogP contribution is 2.46. The van der Waals surface area contributed by atoms with Crippen LogP contribution in [0.3, 0.4) is 0 Å². The van der Waals surface area contributed by atoms with Crippen LogP contribution in [0.25, 0.3) is 0 Å². The van der Waals surface area contributed by atoms with Gasteiger partial charge < -0.3 is 4.74 Å². The largest absolute Gasteiger partial charge is 0.462 e. The Morgan fingerprint density at radius 1 is 0.724 bits per heavy atom. The molecule has 0 bridgehead atoms. The van der Waals surface area contributed by atoms with Gasteiger partial charge in [0.05, 0.1) is 0 Å². The van der Waals surface area contributed by atoms with E-state index in [0.29, 0.717) is 6.42 Å². The summed E-state index contributed by atoms with van der Waals surface area (Å²) in [5, 5.41) is 0. The van der Waals surface area contributed by atoms with Crippen molar-refractivity contribution in [1.29, 1.82) is 0 Å². The summed E-state index contributed by atoms with van der Waals surface area (Å²) in [7, 11) is 0. The number of hydrogen-bond donors (Lipinski definition) is 0. The van der Waals surface area contributed by atoms with E-state index in [2.05, 4.69) is 13.8 Å². The second kappa shape index (κ2) is 12.4. The third-order valence-corrected chi connectivity index (χ3v) is 8.71. The molecule has 0 saturated heterocycles. The van der Waals surface area contributed by atoms with Gasteiger partial charge in [-0.1, -0.05) is 52.4 Å². The molecule has 3 saturated carbocycles. The predicted octanol–water partition coefficient (Wildman–Crippen LogP) is 8.08. The molecular formula is C27H48O2. The van der Waals surface area contributed by atoms with E-state index in [-0.39, 0.29) is 12.1 Å². The highest BCUT2D eigenvalue weighted by atomic mass is 16.5. The summed E-state index contributed by atoms with van der Waals surface area (Å²) in [6, 6.07) is 0. The van der Waals surface area contributed by atoms with Gasteiger partial charge in [0.1, 0.15) is 6.10 Å². The molecule has 0 aromatic rings. The smallest absolute Gasteiger partial charge is 0.306 e. The van der Waals surface area contributed by atoms with Crippen LogP contribution >= 0.6 is 0 Å². The molecule has 0 heterocycles. The quantitative estimate of drug-likeness (QED) is 0.363. The van der Waals surface area contributed by atoms with Crippen molar-refractivity contribution in [3.63, 3.8) is 0 Å². The Labute approximate surface area is 180 Å². The van der Waals surface area contributed by atoms with Crippen LogP contribution in [0.5, 0.6) is 0 Å². The first kappa shape index (κ1) is 23.1. The molecule has 0 aromatic heterocycles. The van der Waals surface area contributed by atoms with Gasteiger partial charge in [-0.2, -0.15) is 0 Å². The fourth-order valence-corrected chi connectivity index (χ4v) is 6.81. The first-order chi connectivity index (χ1) is 14.2. The highest BCUT2D eigenvalue weighted by molar-refractivity contribution is 5.69. The van der Waals surface area contributed by atoms with Crippen LogP contribution in [-0.4, -0.2) is 12.1 Å². The van der Waals surface area contributed by atoms with E-state index in [9.17, 15) is 4.79 Å². The summed E-state index contributed by atoms with van der Waals surface area (Å²) < 4.78 is 5.83. The van der Waals surface area contributed by atoms with Gasteiger partial charge in [0.15, 0.2) is 0 Å². The van der Waals surface area contributed by atoms with Crippen molar-refractivity contribution in [3.05, 3.63) is 0 Å². The van der Waals surface area contributed by atoms with Gasteiger partial charge in [0, 0.05) is 6.42 Å². The van der Waals surface area contributed by atoms with Crippen LogP contribution < -0.4 is 0 Å². The van der Waals surface area contributed by atoms with Crippen molar-refractivity contribution in [2.24, 2.45) is 29.6 Å². The van der Waals surface area contributed by atoms with Gasteiger partial charge in [0.2, 0.25) is 0 Å². The molecule has 0 amide bonds. The second-order valence-corrected chi connectivity index (χ2v) is 10.7. The maximum atomic E-state index is 12.0. The maximum absolute atomic E-state index is 12.0. The molecular weight excluding hydrogens is 356 g/mol. The first-order valence-corrected chi connectivity index (χ1v) is 13.4. The Morgan fingerprint density at radius 2 is 1.31 bits per heavy atom. The van der Waals surface area contributed by atoms with E-state index >= 15 is 0 Å². The lowest BCUT2D eigenvalue weighted by atomic mass is 9.65. The van der Waals surface area contributed by atoms with Crippen molar-refractivity contribution in [1.82, 2.24) is 0 Å². The molecule has 0 aliphatic heterocycles. The van der Waals surface area contributed by atoms with Crippen LogP contribution in [0.4, 0.5) is 0 Å². The number of hydrogen-bond acceptors (Lipinski definition) is 2. The number of rotatable bonds is 9. The van der Waals surface area contributed by atoms with Gasteiger partial charge in [-0.05, 0) is 100 Å². The SMILES string of the molecule is CCCCC(=O)OC1CCCC(C2CCC(C3CCC(CCCC)CC3)CC2)C1. The molecule has 3 aliphatic carbocycles. The van der Waals surface area contributed by atoms with Crippen LogP contribution in [0.15, 0.2) is 0 Å². The fraction of sp³-hybridized carbons (Fsp3) is 0.963. The summed E-state index contributed by atoms with van der Waals surface area (Å²) >= 11 is 0. The summed E-state index contributed by atoms with van der Waals surface area (Å²) in [6.45, 7) is 4.47. The number of carbonyl (C=O) groups excluding carboxylic acids is 1. The van der Waals surface area contributed by atoms with Crippen LogP contribution in [0.1, 0.15) is 129 Å². The molecule has 0 aromatic carbocycles. The fourth-order valence-electron chi connectivity index (χ4n) is 6.81. The van der Waals surface area contributed by atoms with Crippen LogP contribution in [-0.2, 0) is 9.53 Å². The number of unbranched alkanes of at least 4 members (excludes halogenated alkanes) is 2. The van der Waals surface area contributed by atoms with Crippen LogP contribution in [0, 0.1) is 29.6 Å². The molecule has 2 nitrogen and oxygen atoms in total. The Morgan fingerprint density at radius 3 is 1.93 bits per heavy atom. The van der Waals surface area contributed by atoms with E-state index in [0.717, 1.165) is 55.3 Å². The molecule has 2 unspecified atom stereocenters. The van der Waals surface area contributed by atoms with Crippen molar-refractivity contribution >= 4 is 5.97 Å². The average Bonchev–Trinajstić information content (AvgIpc) is 2.77. The summed E-state index contributed by atoms with van der Waals surface area (Å²) in [5.41, 5.74) is 0. The summed E-state index contributed by atoms with van der Waals surface area (Å²) in [6.07, 6.45) is 24.0. The molecule has 3 aliphatic rings. The third-order valence-electron chi connectivity index (χ3n) is 8.71. The molecule has 0 radical (unpaired) electrons. The van der Waals surface area contributed by atoms with E-state index < -0.39 is 0 Å². The Kier molecular flexibility index (Phi) is 9.86. The normalized spacial score (nSPS) is 35.9. The Bertz CT molecular complexity index is 457. The van der Waals surface area contributed by atoms with Crippen molar-refractivity contribution in [3.8, 4) is 0 Å². The van der Waals surface area contributed by atoms with Gasteiger partial charge in [-0.3, -0.25) is 4.79 Å². The lowest BCUT2D eigenvalue weighted by Gasteiger charge is -2.41. The van der Waals surface area contributed by atoms with E-state index in [4.69, 9.17) is 4.74 Å². The summed E-state index contributed by atoms with van der Waals surface area (Å²) in [4.78, 5) is 12.0. The first-order valence-electron chi connectivity index (χ1n) is 13.4. The third kappa shape index (κ3) is 7.28. The van der Waals surface area contributed by atoms with Gasteiger partial charge in [-0.15, -0.1) is 0 Å². The Hall–Kier alpha value is -0.530. The average molecular weight is 405 g/mol. The molecule has 2 atom stereocenters. The molecule has 0 spiro atoms. The monoisotopic (exact) mass is 404 g/mol. The zero-order chi connectivity index (χ0) is 20.5. The highest BCUT2D eigenvalue weighted by Gasteiger charge is 2.35. The van der Waals surface area contributed by atoms with Crippen molar-refractivity contribution in [2.45, 2.75) is 136 Å². The molecule has 2 heteroatoms. The molecule has 0 N–H and O–H groups in total. The van der Waals surface area contributed by atoms with Crippen molar-refractivity contribution < 1.29 is 9.53 Å².